The molecule has 1 unspecified atom stereocenters. The Bertz CT molecular complexity index is 670. The minimum Gasteiger partial charge on any atom is -0.463 e. The molecule has 0 saturated heterocycles. The van der Waals surface area contributed by atoms with E-state index in [2.05, 4.69) is 20.7 Å². The average Bonchev–Trinajstić information content (AvgIpc) is 2.64. The van der Waals surface area contributed by atoms with Crippen LogP contribution >= 0.6 is 15.9 Å². The van der Waals surface area contributed by atoms with E-state index in [1.807, 2.05) is 6.07 Å². The number of carbonyl (C=O) groups excluding carboxylic acids is 4. The van der Waals surface area contributed by atoms with E-state index in [1.165, 1.54) is 0 Å². The van der Waals surface area contributed by atoms with Crippen LogP contribution in [0.4, 0.5) is 0 Å². The van der Waals surface area contributed by atoms with Gasteiger partial charge in [-0.25, -0.2) is 9.59 Å². The third kappa shape index (κ3) is 11.0. The summed E-state index contributed by atoms with van der Waals surface area (Å²) in [5.41, 5.74) is 0.761. The molecule has 1 aromatic rings. The van der Waals surface area contributed by atoms with Crippen LogP contribution in [-0.4, -0.2) is 41.9 Å². The lowest BCUT2D eigenvalue weighted by atomic mass is 10.1. The van der Waals surface area contributed by atoms with Gasteiger partial charge >= 0.3 is 23.9 Å². The molecule has 0 aliphatic heterocycles. The topological polar surface area (TPSA) is 96.0 Å². The first kappa shape index (κ1) is 22.6. The number of carbonyl (C=O) groups is 4. The Hall–Kier alpha value is -2.48. The minimum absolute atomic E-state index is 0.00274. The molecule has 1 atom stereocenters. The van der Waals surface area contributed by atoms with Gasteiger partial charge in [0.05, 0.1) is 13.0 Å². The Kier molecular flexibility index (Phi) is 10.7. The molecule has 0 fully saturated rings. The Morgan fingerprint density at radius 1 is 1.00 bits per heavy atom. The maximum Gasteiger partial charge on any atom is 0.331 e. The van der Waals surface area contributed by atoms with Gasteiger partial charge in [-0.2, -0.15) is 0 Å². The maximum atomic E-state index is 11.7. The number of halogens is 1. The highest BCUT2D eigenvalue weighted by Gasteiger charge is 2.14. The zero-order valence-electron chi connectivity index (χ0n) is 14.9. The second-order valence-corrected chi connectivity index (χ2v) is 6.65. The average molecular weight is 441 g/mol. The first-order valence-corrected chi connectivity index (χ1v) is 9.25. The highest BCUT2D eigenvalue weighted by Crippen LogP contribution is 2.10. The van der Waals surface area contributed by atoms with Crippen LogP contribution in [0.15, 0.2) is 42.5 Å². The van der Waals surface area contributed by atoms with Gasteiger partial charge in [-0.3, -0.25) is 9.59 Å². The van der Waals surface area contributed by atoms with Crippen LogP contribution in [-0.2, 0) is 39.8 Å². The summed E-state index contributed by atoms with van der Waals surface area (Å²) < 4.78 is 14.3. The number of rotatable bonds is 10. The van der Waals surface area contributed by atoms with Crippen LogP contribution in [0.3, 0.4) is 0 Å². The van der Waals surface area contributed by atoms with Gasteiger partial charge < -0.3 is 14.2 Å². The van der Waals surface area contributed by atoms with Crippen molar-refractivity contribution >= 4 is 39.8 Å². The van der Waals surface area contributed by atoms with Gasteiger partial charge in [-0.05, 0) is 18.9 Å². The molecule has 0 aliphatic rings. The molecule has 1 aromatic carbocycles. The van der Waals surface area contributed by atoms with Crippen LogP contribution in [0.1, 0.15) is 25.3 Å². The first-order chi connectivity index (χ1) is 12.9. The van der Waals surface area contributed by atoms with Crippen molar-refractivity contribution < 1.29 is 33.4 Å². The van der Waals surface area contributed by atoms with Crippen LogP contribution in [0.2, 0.25) is 0 Å². The van der Waals surface area contributed by atoms with Crippen molar-refractivity contribution in [3.63, 3.8) is 0 Å². The molecule has 0 spiro atoms. The second-order valence-electron chi connectivity index (χ2n) is 5.36. The van der Waals surface area contributed by atoms with Crippen molar-refractivity contribution in [2.75, 3.05) is 13.2 Å². The summed E-state index contributed by atoms with van der Waals surface area (Å²) in [6.07, 6.45) is 2.27. The van der Waals surface area contributed by atoms with E-state index in [4.69, 9.17) is 9.47 Å². The molecule has 0 radical (unpaired) electrons. The normalized spacial score (nSPS) is 11.6. The van der Waals surface area contributed by atoms with Gasteiger partial charge in [0.25, 0.3) is 0 Å². The molecule has 1 rings (SSSR count). The van der Waals surface area contributed by atoms with Crippen molar-refractivity contribution in [1.29, 1.82) is 0 Å². The Labute approximate surface area is 165 Å². The van der Waals surface area contributed by atoms with Gasteiger partial charge in [0, 0.05) is 23.4 Å². The van der Waals surface area contributed by atoms with Crippen molar-refractivity contribution in [2.45, 2.75) is 31.0 Å². The molecule has 0 amide bonds. The van der Waals surface area contributed by atoms with Crippen molar-refractivity contribution in [3.8, 4) is 0 Å². The summed E-state index contributed by atoms with van der Waals surface area (Å²) in [5.74, 6) is -2.59. The lowest BCUT2D eigenvalue weighted by Gasteiger charge is -2.09. The third-order valence-corrected chi connectivity index (χ3v) is 3.85. The highest BCUT2D eigenvalue weighted by atomic mass is 79.9. The van der Waals surface area contributed by atoms with Crippen molar-refractivity contribution in [1.82, 2.24) is 0 Å². The number of benzene rings is 1. The van der Waals surface area contributed by atoms with Crippen molar-refractivity contribution in [2.24, 2.45) is 0 Å². The van der Waals surface area contributed by atoms with Gasteiger partial charge in [-0.1, -0.05) is 46.3 Å². The van der Waals surface area contributed by atoms with E-state index >= 15 is 0 Å². The third-order valence-electron chi connectivity index (χ3n) is 3.13. The fourth-order valence-corrected chi connectivity index (χ4v) is 2.24. The van der Waals surface area contributed by atoms with Crippen LogP contribution in [0.25, 0.3) is 0 Å². The number of hydrogen-bond donors (Lipinski definition) is 0. The van der Waals surface area contributed by atoms with Crippen LogP contribution < -0.4 is 0 Å². The second kappa shape index (κ2) is 12.8. The number of esters is 4. The Morgan fingerprint density at radius 3 is 2.26 bits per heavy atom. The molecule has 146 valence electrons. The first-order valence-electron chi connectivity index (χ1n) is 8.33. The summed E-state index contributed by atoms with van der Waals surface area (Å²) in [6.45, 7) is 1.86. The number of ether oxygens (including phenoxy) is 3. The summed E-state index contributed by atoms with van der Waals surface area (Å²) in [7, 11) is 0. The van der Waals surface area contributed by atoms with E-state index in [-0.39, 0.29) is 30.9 Å². The quantitative estimate of drug-likeness (QED) is 0.181. The Morgan fingerprint density at radius 2 is 1.63 bits per heavy atom. The van der Waals surface area contributed by atoms with Crippen LogP contribution in [0, 0.1) is 0 Å². The predicted octanol–water partition coefficient (Wildman–Crippen LogP) is 2.51. The zero-order valence-corrected chi connectivity index (χ0v) is 16.5. The summed E-state index contributed by atoms with van der Waals surface area (Å²) >= 11 is 3.27. The Balaban J connectivity index is 2.22. The highest BCUT2D eigenvalue weighted by molar-refractivity contribution is 9.09. The van der Waals surface area contributed by atoms with Gasteiger partial charge in [0.1, 0.15) is 6.61 Å². The maximum absolute atomic E-state index is 11.7. The van der Waals surface area contributed by atoms with E-state index in [1.54, 1.807) is 31.2 Å². The molecule has 27 heavy (non-hydrogen) atoms. The zero-order chi connectivity index (χ0) is 20.1. The molecular formula is C19H21BrO7. The standard InChI is InChI=1S/C19H21BrO7/c1-2-25-16(21)10-11-17(22)26-13-15(20)8-9-18(23)27-19(24)12-14-6-4-3-5-7-14/h3-7,10-11,15H,2,8-9,12-13H2,1H3/b11-10-. The van der Waals surface area contributed by atoms with Crippen LogP contribution in [0.5, 0.6) is 0 Å². The molecule has 7 nitrogen and oxygen atoms in total. The van der Waals surface area contributed by atoms with E-state index in [0.717, 1.165) is 17.7 Å². The molecule has 0 N–H and O–H groups in total. The lowest BCUT2D eigenvalue weighted by molar-refractivity contribution is -0.159. The fourth-order valence-electron chi connectivity index (χ4n) is 1.88. The smallest absolute Gasteiger partial charge is 0.331 e. The van der Waals surface area contributed by atoms with E-state index < -0.39 is 23.9 Å². The number of hydrogen-bond acceptors (Lipinski definition) is 7. The molecule has 0 bridgehead atoms. The fraction of sp³-hybridized carbons (Fsp3) is 0.368. The monoisotopic (exact) mass is 440 g/mol. The molecule has 0 heterocycles. The minimum atomic E-state index is -0.701. The lowest BCUT2D eigenvalue weighted by Crippen LogP contribution is -2.18. The van der Waals surface area contributed by atoms with Gasteiger partial charge in [0.15, 0.2) is 0 Å². The number of alkyl halides is 1. The summed E-state index contributed by atoms with van der Waals surface area (Å²) in [6, 6.07) is 8.96. The largest absolute Gasteiger partial charge is 0.463 e. The van der Waals surface area contributed by atoms with E-state index in [0.29, 0.717) is 6.42 Å². The predicted molar refractivity (Wildman–Crippen MR) is 99.9 cm³/mol. The summed E-state index contributed by atoms with van der Waals surface area (Å²) in [4.78, 5) is 45.6. The summed E-state index contributed by atoms with van der Waals surface area (Å²) in [5, 5.41) is 0. The molecule has 0 saturated carbocycles. The molecule has 8 heteroatoms. The van der Waals surface area contributed by atoms with Gasteiger partial charge in [0.2, 0.25) is 0 Å². The molecule has 0 aliphatic carbocycles. The van der Waals surface area contributed by atoms with E-state index in [9.17, 15) is 19.2 Å². The molecular weight excluding hydrogens is 420 g/mol. The SMILES string of the molecule is CCOC(=O)/C=C\C(=O)OCC(Br)CCC(=O)OC(=O)Cc1ccccc1. The molecule has 0 aromatic heterocycles. The van der Waals surface area contributed by atoms with Crippen molar-refractivity contribution in [3.05, 3.63) is 48.0 Å². The van der Waals surface area contributed by atoms with Gasteiger partial charge in [-0.15, -0.1) is 0 Å².